The number of amides is 4. The van der Waals surface area contributed by atoms with E-state index in [1.165, 1.54) is 11.8 Å². The van der Waals surface area contributed by atoms with Gasteiger partial charge in [0.15, 0.2) is 0 Å². The van der Waals surface area contributed by atoms with Gasteiger partial charge in [0.1, 0.15) is 18.1 Å². The van der Waals surface area contributed by atoms with Crippen LogP contribution in [0.15, 0.2) is 0 Å². The molecule has 0 heterocycles. The van der Waals surface area contributed by atoms with Crippen LogP contribution in [0.2, 0.25) is 0 Å². The first-order chi connectivity index (χ1) is 13.9. The van der Waals surface area contributed by atoms with Gasteiger partial charge in [-0.3, -0.25) is 19.2 Å². The van der Waals surface area contributed by atoms with Crippen molar-refractivity contribution >= 4 is 41.4 Å². The lowest BCUT2D eigenvalue weighted by Gasteiger charge is -2.26. The summed E-state index contributed by atoms with van der Waals surface area (Å²) < 4.78 is 0. The van der Waals surface area contributed by atoms with Crippen molar-refractivity contribution in [2.24, 2.45) is 17.4 Å². The van der Waals surface area contributed by atoms with Gasteiger partial charge in [-0.15, -0.1) is 0 Å². The van der Waals surface area contributed by atoms with Crippen LogP contribution in [0.4, 0.5) is 0 Å². The second-order valence-electron chi connectivity index (χ2n) is 6.93. The van der Waals surface area contributed by atoms with E-state index in [0.29, 0.717) is 5.75 Å². The molecule has 0 fully saturated rings. The Morgan fingerprint density at radius 1 is 0.967 bits per heavy atom. The third-order valence-electron chi connectivity index (χ3n) is 4.05. The number of carbonyl (C=O) groups is 5. The Balaban J connectivity index is 5.13. The molecule has 4 unspecified atom stereocenters. The van der Waals surface area contributed by atoms with Crippen LogP contribution in [0.25, 0.3) is 0 Å². The van der Waals surface area contributed by atoms with Crippen LogP contribution in [-0.4, -0.2) is 82.6 Å². The van der Waals surface area contributed by atoms with E-state index >= 15 is 0 Å². The number of nitrogens with one attached hydrogen (secondary N) is 3. The van der Waals surface area contributed by atoms with Crippen LogP contribution in [0.1, 0.15) is 26.7 Å². The minimum atomic E-state index is -1.42. The quantitative estimate of drug-likeness (QED) is 0.145. The van der Waals surface area contributed by atoms with Gasteiger partial charge in [-0.05, 0) is 24.3 Å². The molecule has 172 valence electrons. The molecule has 0 saturated heterocycles. The maximum absolute atomic E-state index is 12.6. The van der Waals surface area contributed by atoms with Gasteiger partial charge in [0, 0.05) is 0 Å². The first kappa shape index (κ1) is 27.6. The molecule has 30 heavy (non-hydrogen) atoms. The fraction of sp³-hybridized carbons (Fsp3) is 0.706. The van der Waals surface area contributed by atoms with Crippen LogP contribution in [-0.2, 0) is 24.0 Å². The molecule has 0 aromatic rings. The topological polar surface area (TPSA) is 214 Å². The minimum Gasteiger partial charge on any atom is -0.480 e. The van der Waals surface area contributed by atoms with Gasteiger partial charge in [0.05, 0.1) is 19.1 Å². The molecule has 0 rings (SSSR count). The lowest BCUT2D eigenvalue weighted by Crippen LogP contribution is -2.59. The summed E-state index contributed by atoms with van der Waals surface area (Å²) in [4.78, 5) is 59.1. The zero-order valence-electron chi connectivity index (χ0n) is 17.2. The van der Waals surface area contributed by atoms with Gasteiger partial charge >= 0.3 is 5.97 Å². The highest BCUT2D eigenvalue weighted by molar-refractivity contribution is 7.98. The van der Waals surface area contributed by atoms with Gasteiger partial charge in [-0.25, -0.2) is 4.79 Å². The Morgan fingerprint density at radius 3 is 1.97 bits per heavy atom. The van der Waals surface area contributed by atoms with Crippen LogP contribution < -0.4 is 27.4 Å². The lowest BCUT2D eigenvalue weighted by atomic mass is 10.0. The summed E-state index contributed by atoms with van der Waals surface area (Å²) in [6.07, 6.45) is 1.54. The van der Waals surface area contributed by atoms with Crippen molar-refractivity contribution in [3.63, 3.8) is 0 Å². The number of aliphatic carboxylic acids is 1. The highest BCUT2D eigenvalue weighted by atomic mass is 32.2. The van der Waals surface area contributed by atoms with Gasteiger partial charge < -0.3 is 37.6 Å². The molecule has 0 aromatic carbocycles. The van der Waals surface area contributed by atoms with E-state index in [4.69, 9.17) is 11.5 Å². The molecule has 0 aliphatic heterocycles. The third kappa shape index (κ3) is 9.89. The highest BCUT2D eigenvalue weighted by Crippen LogP contribution is 2.05. The molecule has 0 spiro atoms. The van der Waals surface area contributed by atoms with Crippen LogP contribution in [0, 0.1) is 5.92 Å². The predicted octanol–water partition coefficient (Wildman–Crippen LogP) is -2.87. The van der Waals surface area contributed by atoms with Crippen molar-refractivity contribution < 1.29 is 34.2 Å². The van der Waals surface area contributed by atoms with Crippen molar-refractivity contribution in [1.29, 1.82) is 0 Å². The maximum Gasteiger partial charge on any atom is 0.326 e. The summed E-state index contributed by atoms with van der Waals surface area (Å²) in [5.41, 5.74) is 10.6. The zero-order chi connectivity index (χ0) is 23.4. The Morgan fingerprint density at radius 2 is 1.53 bits per heavy atom. The molecule has 0 bridgehead atoms. The molecule has 4 atom stereocenters. The summed E-state index contributed by atoms with van der Waals surface area (Å²) in [5, 5.41) is 25.6. The predicted molar refractivity (Wildman–Crippen MR) is 110 cm³/mol. The van der Waals surface area contributed by atoms with Crippen molar-refractivity contribution in [2.45, 2.75) is 50.9 Å². The molecule has 12 nitrogen and oxygen atoms in total. The van der Waals surface area contributed by atoms with E-state index in [-0.39, 0.29) is 6.42 Å². The second kappa shape index (κ2) is 13.8. The number of hydrogen-bond acceptors (Lipinski definition) is 8. The van der Waals surface area contributed by atoms with Crippen LogP contribution in [0.5, 0.6) is 0 Å². The minimum absolute atomic E-state index is 0.163. The molecule has 13 heteroatoms. The molecular weight excluding hydrogens is 418 g/mol. The number of nitrogens with two attached hydrogens (primary N) is 2. The lowest BCUT2D eigenvalue weighted by molar-refractivity contribution is -0.142. The number of carboxylic acids is 1. The Bertz CT molecular complexity index is 632. The summed E-state index contributed by atoms with van der Waals surface area (Å²) in [6.45, 7) is 2.47. The number of aliphatic hydroxyl groups excluding tert-OH is 1. The average molecular weight is 450 g/mol. The molecule has 0 radical (unpaired) electrons. The number of carboxylic acid groups (broad SMARTS) is 1. The fourth-order valence-corrected chi connectivity index (χ4v) is 2.80. The van der Waals surface area contributed by atoms with Crippen molar-refractivity contribution in [3.05, 3.63) is 0 Å². The number of hydrogen-bond donors (Lipinski definition) is 7. The van der Waals surface area contributed by atoms with E-state index in [9.17, 15) is 34.2 Å². The van der Waals surface area contributed by atoms with Crippen molar-refractivity contribution in [1.82, 2.24) is 16.0 Å². The number of primary amides is 1. The van der Waals surface area contributed by atoms with Crippen LogP contribution >= 0.6 is 11.8 Å². The molecule has 4 amide bonds. The standard InChI is InChI=1S/C17H31N5O7S/c1-8(2)13(22-14(25)9(18)6-12(19)24)16(27)21-11(7-23)15(26)20-10(17(28)29)4-5-30-3/h8-11,13,23H,4-7,18H2,1-3H3,(H2,19,24)(H,20,26)(H,21,27)(H,22,25)(H,28,29). The Labute approximate surface area is 178 Å². The maximum atomic E-state index is 12.6. The van der Waals surface area contributed by atoms with E-state index in [1.54, 1.807) is 20.1 Å². The second-order valence-corrected chi connectivity index (χ2v) is 7.92. The summed E-state index contributed by atoms with van der Waals surface area (Å²) in [7, 11) is 0. The molecule has 9 N–H and O–H groups in total. The molecule has 0 saturated carbocycles. The summed E-state index contributed by atoms with van der Waals surface area (Å²) >= 11 is 1.40. The third-order valence-corrected chi connectivity index (χ3v) is 4.69. The first-order valence-electron chi connectivity index (χ1n) is 9.22. The number of rotatable bonds is 14. The molecule has 0 aliphatic rings. The largest absolute Gasteiger partial charge is 0.480 e. The van der Waals surface area contributed by atoms with E-state index in [0.717, 1.165) is 0 Å². The van der Waals surface area contributed by atoms with Gasteiger partial charge in [0.2, 0.25) is 23.6 Å². The summed E-state index contributed by atoms with van der Waals surface area (Å²) in [5.74, 6) is -4.40. The zero-order valence-corrected chi connectivity index (χ0v) is 18.0. The smallest absolute Gasteiger partial charge is 0.326 e. The SMILES string of the molecule is CSCCC(NC(=O)C(CO)NC(=O)C(NC(=O)C(N)CC(N)=O)C(C)C)C(=O)O. The van der Waals surface area contributed by atoms with Crippen LogP contribution in [0.3, 0.4) is 0 Å². The molecule has 0 aromatic heterocycles. The van der Waals surface area contributed by atoms with Gasteiger partial charge in [-0.2, -0.15) is 11.8 Å². The van der Waals surface area contributed by atoms with E-state index in [1.807, 2.05) is 0 Å². The summed E-state index contributed by atoms with van der Waals surface area (Å²) in [6, 6.07) is -4.97. The number of carbonyl (C=O) groups excluding carboxylic acids is 4. The number of thioether (sulfide) groups is 1. The van der Waals surface area contributed by atoms with E-state index < -0.39 is 72.7 Å². The van der Waals surface area contributed by atoms with Crippen molar-refractivity contribution in [2.75, 3.05) is 18.6 Å². The van der Waals surface area contributed by atoms with Gasteiger partial charge in [-0.1, -0.05) is 13.8 Å². The van der Waals surface area contributed by atoms with E-state index in [2.05, 4.69) is 16.0 Å². The molecular formula is C17H31N5O7S. The fourth-order valence-electron chi connectivity index (χ4n) is 2.33. The Hall–Kier alpha value is -2.38. The Kier molecular flexibility index (Phi) is 12.7. The van der Waals surface area contributed by atoms with Crippen molar-refractivity contribution in [3.8, 4) is 0 Å². The molecule has 0 aliphatic carbocycles. The monoisotopic (exact) mass is 449 g/mol. The number of aliphatic hydroxyl groups is 1. The normalized spacial score (nSPS) is 14.9. The van der Waals surface area contributed by atoms with Gasteiger partial charge in [0.25, 0.3) is 0 Å². The highest BCUT2D eigenvalue weighted by Gasteiger charge is 2.31. The average Bonchev–Trinajstić information content (AvgIpc) is 2.65. The first-order valence-corrected chi connectivity index (χ1v) is 10.6.